The number of aromatic nitrogens is 3. The fourth-order valence-electron chi connectivity index (χ4n) is 5.24. The molecule has 1 N–H and O–H groups in total. The maximum atomic E-state index is 10.00. The molecule has 0 spiro atoms. The summed E-state index contributed by atoms with van der Waals surface area (Å²) in [6.07, 6.45) is 7.64. The van der Waals surface area contributed by atoms with Gasteiger partial charge in [-0.25, -0.2) is 4.98 Å². The fourth-order valence-corrected chi connectivity index (χ4v) is 6.34. The molecule has 0 saturated carbocycles. The number of nitriles is 1. The molecule has 2 aromatic heterocycles. The van der Waals surface area contributed by atoms with E-state index in [0.717, 1.165) is 77.3 Å². The maximum absolute atomic E-state index is 10.00. The van der Waals surface area contributed by atoms with E-state index in [1.54, 1.807) is 12.4 Å². The van der Waals surface area contributed by atoms with Crippen LogP contribution in [0.2, 0.25) is 5.02 Å². The summed E-state index contributed by atoms with van der Waals surface area (Å²) in [4.78, 5) is 17.0. The van der Waals surface area contributed by atoms with Crippen LogP contribution in [0.1, 0.15) is 18.4 Å². The smallest absolute Gasteiger partial charge is 0.172 e. The molecule has 9 nitrogen and oxygen atoms in total. The number of hydrogen-bond donors (Lipinski definition) is 1. The first-order valence-electron chi connectivity index (χ1n) is 13.9. The molecule has 41 heavy (non-hydrogen) atoms. The lowest BCUT2D eigenvalue weighted by atomic mass is 10.1. The number of rotatable bonds is 8. The molecule has 11 heteroatoms. The van der Waals surface area contributed by atoms with E-state index in [1.165, 1.54) is 24.6 Å². The summed E-state index contributed by atoms with van der Waals surface area (Å²) >= 11 is 8.20. The Hall–Kier alpha value is -3.49. The topological polar surface area (TPSA) is 85.5 Å². The Morgan fingerprint density at radius 1 is 1.05 bits per heavy atom. The summed E-state index contributed by atoms with van der Waals surface area (Å²) < 4.78 is 8.45. The molecule has 212 valence electrons. The number of hydrogen-bond acceptors (Lipinski definition) is 9. The van der Waals surface area contributed by atoms with Gasteiger partial charge in [-0.1, -0.05) is 23.4 Å². The van der Waals surface area contributed by atoms with E-state index in [-0.39, 0.29) is 0 Å². The van der Waals surface area contributed by atoms with Gasteiger partial charge >= 0.3 is 0 Å². The van der Waals surface area contributed by atoms with Crippen molar-refractivity contribution in [1.82, 2.24) is 24.3 Å². The van der Waals surface area contributed by atoms with Crippen LogP contribution in [0.25, 0.3) is 10.9 Å². The normalized spacial score (nSPS) is 16.3. The van der Waals surface area contributed by atoms with Gasteiger partial charge in [-0.3, -0.25) is 9.88 Å². The lowest BCUT2D eigenvalue weighted by molar-refractivity contribution is 0.0766. The Labute approximate surface area is 249 Å². The van der Waals surface area contributed by atoms with Crippen molar-refractivity contribution in [2.24, 2.45) is 7.05 Å². The molecule has 6 rings (SSSR count). The number of likely N-dealkylation sites (N-methyl/N-ethyl adjacent to an activating group) is 1. The minimum absolute atomic E-state index is 0.457. The standard InChI is InChI=1S/C30H33ClN8OS/c1-36-11-13-38(14-12-36)20-40-27-16-23-25(17-26(27)39-8-3-4-9-39)34-19-21(18-32)29(23)35-22-5-6-28(24(31)15-22)41-30-33-7-10-37(30)2/h5-7,10,15-17,19H,3-4,8-9,11-14,20H2,1-2H3,(H,34,35). The van der Waals surface area contributed by atoms with Gasteiger partial charge in [-0.2, -0.15) is 5.26 Å². The quantitative estimate of drug-likeness (QED) is 0.284. The Morgan fingerprint density at radius 2 is 1.85 bits per heavy atom. The van der Waals surface area contributed by atoms with E-state index in [0.29, 0.717) is 23.0 Å². The van der Waals surface area contributed by atoms with Gasteiger partial charge < -0.3 is 24.4 Å². The van der Waals surface area contributed by atoms with Gasteiger partial charge in [0.1, 0.15) is 18.5 Å². The monoisotopic (exact) mass is 588 g/mol. The van der Waals surface area contributed by atoms with Crippen LogP contribution in [0.4, 0.5) is 17.1 Å². The molecule has 2 aliphatic heterocycles. The minimum atomic E-state index is 0.457. The summed E-state index contributed by atoms with van der Waals surface area (Å²) in [6.45, 7) is 6.55. The average Bonchev–Trinajstić information content (AvgIpc) is 3.66. The molecule has 0 bridgehead atoms. The Bertz CT molecular complexity index is 1590. The van der Waals surface area contributed by atoms with E-state index in [9.17, 15) is 5.26 Å². The molecule has 0 aliphatic carbocycles. The first-order valence-corrected chi connectivity index (χ1v) is 15.0. The number of aryl methyl sites for hydroxylation is 1. The first-order chi connectivity index (χ1) is 20.0. The van der Waals surface area contributed by atoms with Crippen LogP contribution in [0.3, 0.4) is 0 Å². The van der Waals surface area contributed by atoms with Crippen LogP contribution in [0, 0.1) is 11.3 Å². The average molecular weight is 589 g/mol. The van der Waals surface area contributed by atoms with E-state index < -0.39 is 0 Å². The molecule has 0 radical (unpaired) electrons. The van der Waals surface area contributed by atoms with Gasteiger partial charge in [0.15, 0.2) is 5.16 Å². The van der Waals surface area contributed by atoms with Crippen molar-refractivity contribution < 1.29 is 4.74 Å². The van der Waals surface area contributed by atoms with Crippen molar-refractivity contribution in [2.45, 2.75) is 22.9 Å². The van der Waals surface area contributed by atoms with Crippen LogP contribution in [0.5, 0.6) is 5.75 Å². The lowest BCUT2D eigenvalue weighted by Gasteiger charge is -2.32. The van der Waals surface area contributed by atoms with Crippen molar-refractivity contribution >= 4 is 51.3 Å². The minimum Gasteiger partial charge on any atom is -0.476 e. The van der Waals surface area contributed by atoms with E-state index in [2.05, 4.69) is 49.2 Å². The highest BCUT2D eigenvalue weighted by atomic mass is 35.5. The Balaban J connectivity index is 1.33. The van der Waals surface area contributed by atoms with Crippen LogP contribution >= 0.6 is 23.4 Å². The van der Waals surface area contributed by atoms with Gasteiger partial charge in [0, 0.05) is 80.9 Å². The number of fused-ring (bicyclic) bond motifs is 1. The largest absolute Gasteiger partial charge is 0.476 e. The summed E-state index contributed by atoms with van der Waals surface area (Å²) in [7, 11) is 4.11. The number of benzene rings is 2. The van der Waals surface area contributed by atoms with Crippen LogP contribution in [0.15, 0.2) is 59.0 Å². The molecule has 2 fully saturated rings. The third-order valence-electron chi connectivity index (χ3n) is 7.69. The predicted octanol–water partition coefficient (Wildman–Crippen LogP) is 5.57. The molecule has 2 aromatic carbocycles. The maximum Gasteiger partial charge on any atom is 0.172 e. The second-order valence-corrected chi connectivity index (χ2v) is 12.0. The van der Waals surface area contributed by atoms with Gasteiger partial charge in [0.2, 0.25) is 0 Å². The zero-order chi connectivity index (χ0) is 28.3. The number of piperazine rings is 1. The highest BCUT2D eigenvalue weighted by molar-refractivity contribution is 7.99. The number of nitrogens with one attached hydrogen (secondary N) is 1. The van der Waals surface area contributed by atoms with Crippen molar-refractivity contribution in [2.75, 3.05) is 63.3 Å². The van der Waals surface area contributed by atoms with Gasteiger partial charge in [0.05, 0.1) is 27.5 Å². The fraction of sp³-hybridized carbons (Fsp3) is 0.367. The van der Waals surface area contributed by atoms with Crippen molar-refractivity contribution in [3.63, 3.8) is 0 Å². The third kappa shape index (κ3) is 6.09. The molecule has 2 aliphatic rings. The molecule has 4 heterocycles. The lowest BCUT2D eigenvalue weighted by Crippen LogP contribution is -2.45. The van der Waals surface area contributed by atoms with Crippen molar-refractivity contribution in [3.05, 3.63) is 59.5 Å². The van der Waals surface area contributed by atoms with Gasteiger partial charge in [0.25, 0.3) is 0 Å². The summed E-state index contributed by atoms with van der Waals surface area (Å²) in [6, 6.07) is 12.3. The molecule has 0 unspecified atom stereocenters. The van der Waals surface area contributed by atoms with Crippen LogP contribution < -0.4 is 15.0 Å². The molecular formula is C30H33ClN8OS. The van der Waals surface area contributed by atoms with Crippen molar-refractivity contribution in [1.29, 1.82) is 5.26 Å². The van der Waals surface area contributed by atoms with E-state index in [1.807, 2.05) is 42.1 Å². The van der Waals surface area contributed by atoms with E-state index >= 15 is 0 Å². The molecule has 2 saturated heterocycles. The molecule has 0 amide bonds. The highest BCUT2D eigenvalue weighted by Crippen LogP contribution is 2.40. The predicted molar refractivity (Wildman–Crippen MR) is 165 cm³/mol. The Morgan fingerprint density at radius 3 is 2.56 bits per heavy atom. The summed E-state index contributed by atoms with van der Waals surface area (Å²) in [5.74, 6) is 0.818. The number of imidazole rings is 1. The van der Waals surface area contributed by atoms with Crippen LogP contribution in [-0.2, 0) is 7.05 Å². The zero-order valence-electron chi connectivity index (χ0n) is 23.3. The van der Waals surface area contributed by atoms with Crippen LogP contribution in [-0.4, -0.2) is 77.4 Å². The zero-order valence-corrected chi connectivity index (χ0v) is 24.9. The number of nitrogens with zero attached hydrogens (tertiary/aromatic N) is 7. The highest BCUT2D eigenvalue weighted by Gasteiger charge is 2.22. The van der Waals surface area contributed by atoms with Crippen molar-refractivity contribution in [3.8, 4) is 11.8 Å². The molecule has 0 atom stereocenters. The summed E-state index contributed by atoms with van der Waals surface area (Å²) in [5.41, 5.74) is 3.81. The Kier molecular flexibility index (Phi) is 8.21. The molecular weight excluding hydrogens is 556 g/mol. The number of pyridine rings is 1. The number of anilines is 3. The second kappa shape index (κ2) is 12.2. The number of halogens is 1. The summed E-state index contributed by atoms with van der Waals surface area (Å²) in [5, 5.41) is 15.8. The van der Waals surface area contributed by atoms with Gasteiger partial charge in [-0.15, -0.1) is 0 Å². The third-order valence-corrected chi connectivity index (χ3v) is 9.27. The van der Waals surface area contributed by atoms with E-state index in [4.69, 9.17) is 16.3 Å². The van der Waals surface area contributed by atoms with Gasteiger partial charge in [-0.05, 0) is 50.2 Å². The first kappa shape index (κ1) is 27.7. The second-order valence-electron chi connectivity index (χ2n) is 10.6. The number of ether oxygens (including phenoxy) is 1. The molecule has 4 aromatic rings. The SMILES string of the molecule is CN1CCN(COc2cc3c(Nc4ccc(Sc5nccn5C)c(Cl)c4)c(C#N)cnc3cc2N2CCCC2)CC1.